The molecular weight excluding hydrogens is 216 g/mol. The molecule has 0 aromatic rings. The zero-order valence-electron chi connectivity index (χ0n) is 13.6. The van der Waals surface area contributed by atoms with Gasteiger partial charge in [-0.15, -0.1) is 0 Å². The molecule has 0 nitrogen and oxygen atoms in total. The Hall–Kier alpha value is -0.260. The molecule has 0 spiro atoms. The van der Waals surface area contributed by atoms with E-state index in [9.17, 15) is 0 Å². The lowest BCUT2D eigenvalue weighted by Crippen LogP contribution is -2.43. The quantitative estimate of drug-likeness (QED) is 0.545. The smallest absolute Gasteiger partial charge is 0.0138 e. The van der Waals surface area contributed by atoms with Gasteiger partial charge in [0.25, 0.3) is 0 Å². The summed E-state index contributed by atoms with van der Waals surface area (Å²) >= 11 is 0. The molecule has 1 saturated carbocycles. The highest BCUT2D eigenvalue weighted by molar-refractivity contribution is 5.28. The Balaban J connectivity index is 2.43. The third-order valence-electron chi connectivity index (χ3n) is 6.83. The summed E-state index contributed by atoms with van der Waals surface area (Å²) in [6.45, 7) is 19.7. The molecule has 0 radical (unpaired) electrons. The van der Waals surface area contributed by atoms with E-state index in [0.717, 1.165) is 47.3 Å². The molecule has 0 heterocycles. The van der Waals surface area contributed by atoms with Crippen LogP contribution in [-0.4, -0.2) is 0 Å². The van der Waals surface area contributed by atoms with Crippen molar-refractivity contribution in [2.75, 3.05) is 0 Å². The van der Waals surface area contributed by atoms with E-state index >= 15 is 0 Å². The molecule has 0 heteroatoms. The molecule has 7 unspecified atom stereocenters. The van der Waals surface area contributed by atoms with Gasteiger partial charge in [-0.25, -0.2) is 0 Å². The number of hydrogen-bond donors (Lipinski definition) is 0. The van der Waals surface area contributed by atoms with Crippen LogP contribution in [0, 0.1) is 47.3 Å². The third-order valence-corrected chi connectivity index (χ3v) is 6.83. The van der Waals surface area contributed by atoms with Gasteiger partial charge in [0, 0.05) is 0 Å². The van der Waals surface area contributed by atoms with Gasteiger partial charge in [0.2, 0.25) is 0 Å². The normalized spacial score (nSPS) is 48.8. The Morgan fingerprint density at radius 2 is 1.22 bits per heavy atom. The number of allylic oxidation sites excluding steroid dienone is 2. The van der Waals surface area contributed by atoms with Crippen molar-refractivity contribution in [2.24, 2.45) is 47.3 Å². The fourth-order valence-corrected chi connectivity index (χ4v) is 5.31. The van der Waals surface area contributed by atoms with Crippen LogP contribution in [0.2, 0.25) is 0 Å². The summed E-state index contributed by atoms with van der Waals surface area (Å²) in [5, 5.41) is 0. The lowest BCUT2D eigenvalue weighted by Gasteiger charge is -2.49. The van der Waals surface area contributed by atoms with Crippen LogP contribution in [0.1, 0.15) is 55.4 Å². The van der Waals surface area contributed by atoms with E-state index in [4.69, 9.17) is 0 Å². The first-order valence-corrected chi connectivity index (χ1v) is 7.96. The van der Waals surface area contributed by atoms with E-state index in [1.165, 1.54) is 0 Å². The maximum absolute atomic E-state index is 2.52. The monoisotopic (exact) mass is 248 g/mol. The molecule has 0 amide bonds. The van der Waals surface area contributed by atoms with E-state index in [0.29, 0.717) is 0 Å². The highest BCUT2D eigenvalue weighted by atomic mass is 14.6. The van der Waals surface area contributed by atoms with Crippen molar-refractivity contribution < 1.29 is 0 Å². The Bertz CT molecular complexity index is 349. The Labute approximate surface area is 114 Å². The lowest BCUT2D eigenvalue weighted by atomic mass is 9.56. The molecule has 1 fully saturated rings. The molecule has 104 valence electrons. The minimum absolute atomic E-state index is 0.796. The molecule has 2 rings (SSSR count). The predicted octanol–water partition coefficient (Wildman–Crippen LogP) is 5.40. The van der Waals surface area contributed by atoms with Crippen molar-refractivity contribution >= 4 is 0 Å². The minimum Gasteiger partial charge on any atom is -0.0704 e. The number of hydrogen-bond acceptors (Lipinski definition) is 0. The van der Waals surface area contributed by atoms with Crippen LogP contribution >= 0.6 is 0 Å². The van der Waals surface area contributed by atoms with Crippen LogP contribution in [0.5, 0.6) is 0 Å². The van der Waals surface area contributed by atoms with Gasteiger partial charge in [-0.3, -0.25) is 0 Å². The van der Waals surface area contributed by atoms with Crippen molar-refractivity contribution in [3.05, 3.63) is 11.1 Å². The first kappa shape index (κ1) is 14.2. The number of rotatable bonds is 1. The van der Waals surface area contributed by atoms with Crippen molar-refractivity contribution in [1.29, 1.82) is 0 Å². The van der Waals surface area contributed by atoms with Crippen molar-refractivity contribution in [3.63, 3.8) is 0 Å². The van der Waals surface area contributed by atoms with Crippen molar-refractivity contribution in [1.82, 2.24) is 0 Å². The number of fused-ring (bicyclic) bond motifs is 1. The van der Waals surface area contributed by atoms with Crippen LogP contribution in [0.3, 0.4) is 0 Å². The zero-order chi connectivity index (χ0) is 13.8. The molecule has 2 aliphatic rings. The summed E-state index contributed by atoms with van der Waals surface area (Å²) in [6, 6.07) is 0. The minimum atomic E-state index is 0.796. The first-order valence-electron chi connectivity index (χ1n) is 7.96. The van der Waals surface area contributed by atoms with Gasteiger partial charge in [-0.05, 0) is 61.2 Å². The lowest BCUT2D eigenvalue weighted by molar-refractivity contribution is 0.00904. The van der Waals surface area contributed by atoms with Gasteiger partial charge in [0.1, 0.15) is 0 Å². The van der Waals surface area contributed by atoms with E-state index in [2.05, 4.69) is 55.4 Å². The SMILES string of the molecule is CC1=C(C)C2C(C)C(C)C(C)C(C)C2C1C(C)C. The largest absolute Gasteiger partial charge is 0.0704 e. The average Bonchev–Trinajstić information content (AvgIpc) is 2.57. The average molecular weight is 248 g/mol. The molecule has 0 saturated heterocycles. The van der Waals surface area contributed by atoms with E-state index in [1.807, 2.05) is 0 Å². The maximum atomic E-state index is 2.52. The molecule has 2 aliphatic carbocycles. The van der Waals surface area contributed by atoms with Gasteiger partial charge in [0.15, 0.2) is 0 Å². The van der Waals surface area contributed by atoms with Crippen molar-refractivity contribution in [3.8, 4) is 0 Å². The molecule has 0 aromatic heterocycles. The summed E-state index contributed by atoms with van der Waals surface area (Å²) in [7, 11) is 0. The Morgan fingerprint density at radius 1 is 0.722 bits per heavy atom. The Morgan fingerprint density at radius 3 is 1.72 bits per heavy atom. The molecule has 0 aromatic carbocycles. The summed E-state index contributed by atoms with van der Waals surface area (Å²) < 4.78 is 0. The topological polar surface area (TPSA) is 0 Å². The van der Waals surface area contributed by atoms with Crippen molar-refractivity contribution in [2.45, 2.75) is 55.4 Å². The van der Waals surface area contributed by atoms with Gasteiger partial charge in [0.05, 0.1) is 0 Å². The highest BCUT2D eigenvalue weighted by Crippen LogP contribution is 2.58. The summed E-state index contributed by atoms with van der Waals surface area (Å²) in [5.41, 5.74) is 3.46. The highest BCUT2D eigenvalue weighted by Gasteiger charge is 2.51. The first-order chi connectivity index (χ1) is 8.29. The molecule has 0 aliphatic heterocycles. The summed E-state index contributed by atoms with van der Waals surface area (Å²) in [6.07, 6.45) is 0. The second kappa shape index (κ2) is 4.69. The fourth-order valence-electron chi connectivity index (χ4n) is 5.31. The molecular formula is C18H32. The second-order valence-electron chi connectivity index (χ2n) is 7.68. The Kier molecular flexibility index (Phi) is 3.69. The van der Waals surface area contributed by atoms with Crippen LogP contribution in [0.4, 0.5) is 0 Å². The van der Waals surface area contributed by atoms with Gasteiger partial charge >= 0.3 is 0 Å². The van der Waals surface area contributed by atoms with E-state index < -0.39 is 0 Å². The molecule has 0 N–H and O–H groups in total. The molecule has 7 atom stereocenters. The van der Waals surface area contributed by atoms with Gasteiger partial charge < -0.3 is 0 Å². The summed E-state index contributed by atoms with van der Waals surface area (Å²) in [5.74, 6) is 6.88. The predicted molar refractivity (Wildman–Crippen MR) is 80.3 cm³/mol. The molecule has 18 heavy (non-hydrogen) atoms. The zero-order valence-corrected chi connectivity index (χ0v) is 13.6. The maximum Gasteiger partial charge on any atom is -0.0138 e. The van der Waals surface area contributed by atoms with Crippen LogP contribution in [-0.2, 0) is 0 Å². The van der Waals surface area contributed by atoms with Gasteiger partial charge in [-0.2, -0.15) is 0 Å². The third kappa shape index (κ3) is 1.79. The fraction of sp³-hybridized carbons (Fsp3) is 0.889. The van der Waals surface area contributed by atoms with E-state index in [-0.39, 0.29) is 0 Å². The van der Waals surface area contributed by atoms with Gasteiger partial charge in [-0.1, -0.05) is 52.7 Å². The van der Waals surface area contributed by atoms with Crippen LogP contribution in [0.15, 0.2) is 11.1 Å². The standard InChI is InChI=1S/C18H32/c1-9(2)16-14(7)15(8)17-12(5)10(3)11(4)13(6)18(16)17/h9-13,16-18H,1-8H3. The van der Waals surface area contributed by atoms with Crippen LogP contribution < -0.4 is 0 Å². The van der Waals surface area contributed by atoms with Crippen LogP contribution in [0.25, 0.3) is 0 Å². The molecule has 0 bridgehead atoms. The van der Waals surface area contributed by atoms with E-state index in [1.54, 1.807) is 11.1 Å². The summed E-state index contributed by atoms with van der Waals surface area (Å²) in [4.78, 5) is 0. The second-order valence-corrected chi connectivity index (χ2v) is 7.68.